The first kappa shape index (κ1) is 21.8. The third-order valence-corrected chi connectivity index (χ3v) is 5.47. The number of hydrogen-bond donors (Lipinski definition) is 1. The van der Waals surface area contributed by atoms with Crippen LogP contribution in [0.5, 0.6) is 5.75 Å². The predicted octanol–water partition coefficient (Wildman–Crippen LogP) is 3.43. The summed E-state index contributed by atoms with van der Waals surface area (Å²) in [5, 5.41) is 2.94. The summed E-state index contributed by atoms with van der Waals surface area (Å²) in [6, 6.07) is 14.6. The van der Waals surface area contributed by atoms with Crippen molar-refractivity contribution in [1.29, 1.82) is 0 Å². The molecule has 0 heterocycles. The molecule has 28 heavy (non-hydrogen) atoms. The SMILES string of the molecule is CCOc1ccccc1N(CC(=O)N[C@H](CC)c1ccc(C)cc1)S(C)(=O)=O. The fraction of sp³-hybridized carbons (Fsp3) is 0.381. The van der Waals surface area contributed by atoms with Crippen molar-refractivity contribution >= 4 is 21.6 Å². The lowest BCUT2D eigenvalue weighted by atomic mass is 10.0. The first-order valence-corrected chi connectivity index (χ1v) is 11.2. The molecule has 2 aromatic carbocycles. The standard InChI is InChI=1S/C21H28N2O4S/c1-5-18(17-13-11-16(3)12-14-17)22-21(24)15-23(28(4,25)26)19-9-7-8-10-20(19)27-6-2/h7-14,18H,5-6,15H2,1-4H3,(H,22,24)/t18-/m1/s1. The molecule has 0 saturated carbocycles. The highest BCUT2D eigenvalue weighted by molar-refractivity contribution is 7.92. The number of para-hydroxylation sites is 2. The molecule has 1 atom stereocenters. The van der Waals surface area contributed by atoms with Crippen LogP contribution in [0.1, 0.15) is 37.4 Å². The van der Waals surface area contributed by atoms with E-state index in [1.165, 1.54) is 0 Å². The summed E-state index contributed by atoms with van der Waals surface area (Å²) < 4.78 is 31.4. The Labute approximate surface area is 167 Å². The van der Waals surface area contributed by atoms with Crippen LogP contribution in [0.2, 0.25) is 0 Å². The van der Waals surface area contributed by atoms with Gasteiger partial charge < -0.3 is 10.1 Å². The lowest BCUT2D eigenvalue weighted by molar-refractivity contribution is -0.120. The Bertz CT molecular complexity index is 895. The van der Waals surface area contributed by atoms with Crippen molar-refractivity contribution in [2.24, 2.45) is 0 Å². The van der Waals surface area contributed by atoms with Gasteiger partial charge in [0.25, 0.3) is 0 Å². The maximum atomic E-state index is 12.7. The minimum atomic E-state index is -3.67. The third-order valence-electron chi connectivity index (χ3n) is 4.34. The highest BCUT2D eigenvalue weighted by Gasteiger charge is 2.25. The van der Waals surface area contributed by atoms with Crippen molar-refractivity contribution < 1.29 is 17.9 Å². The number of hydrogen-bond acceptors (Lipinski definition) is 4. The number of anilines is 1. The number of benzene rings is 2. The molecule has 7 heteroatoms. The molecule has 152 valence electrons. The highest BCUT2D eigenvalue weighted by atomic mass is 32.2. The molecule has 0 saturated heterocycles. The Hall–Kier alpha value is -2.54. The number of nitrogens with zero attached hydrogens (tertiary/aromatic N) is 1. The molecule has 0 radical (unpaired) electrons. The van der Waals surface area contributed by atoms with E-state index in [2.05, 4.69) is 5.32 Å². The second-order valence-corrected chi connectivity index (χ2v) is 8.52. The van der Waals surface area contributed by atoms with Crippen LogP contribution < -0.4 is 14.4 Å². The molecule has 0 aliphatic rings. The van der Waals surface area contributed by atoms with E-state index >= 15 is 0 Å². The maximum Gasteiger partial charge on any atom is 0.241 e. The van der Waals surface area contributed by atoms with Gasteiger partial charge in [0.1, 0.15) is 12.3 Å². The fourth-order valence-corrected chi connectivity index (χ4v) is 3.77. The Kier molecular flexibility index (Phi) is 7.45. The fourth-order valence-electron chi connectivity index (χ4n) is 2.91. The van der Waals surface area contributed by atoms with Crippen molar-refractivity contribution in [2.75, 3.05) is 23.7 Å². The van der Waals surface area contributed by atoms with Gasteiger partial charge in [-0.2, -0.15) is 0 Å². The molecule has 1 N–H and O–H groups in total. The number of ether oxygens (including phenoxy) is 1. The topological polar surface area (TPSA) is 75.7 Å². The number of sulfonamides is 1. The summed E-state index contributed by atoms with van der Waals surface area (Å²) in [6.45, 7) is 5.88. The van der Waals surface area contributed by atoms with Crippen LogP contribution in [0.3, 0.4) is 0 Å². The zero-order chi connectivity index (χ0) is 20.7. The average Bonchev–Trinajstić information content (AvgIpc) is 2.65. The number of rotatable bonds is 9. The zero-order valence-electron chi connectivity index (χ0n) is 16.8. The zero-order valence-corrected chi connectivity index (χ0v) is 17.6. The van der Waals surface area contributed by atoms with Crippen molar-refractivity contribution in [3.05, 3.63) is 59.7 Å². The highest BCUT2D eigenvalue weighted by Crippen LogP contribution is 2.29. The molecule has 0 unspecified atom stereocenters. The van der Waals surface area contributed by atoms with E-state index in [1.54, 1.807) is 24.3 Å². The van der Waals surface area contributed by atoms with E-state index in [0.29, 0.717) is 24.5 Å². The molecule has 0 aliphatic heterocycles. The monoisotopic (exact) mass is 404 g/mol. The quantitative estimate of drug-likeness (QED) is 0.695. The van der Waals surface area contributed by atoms with Crippen LogP contribution in [0.4, 0.5) is 5.69 Å². The summed E-state index contributed by atoms with van der Waals surface area (Å²) in [6.07, 6.45) is 1.78. The second kappa shape index (κ2) is 9.59. The van der Waals surface area contributed by atoms with Crippen LogP contribution in [-0.2, 0) is 14.8 Å². The molecule has 0 spiro atoms. The van der Waals surface area contributed by atoms with Gasteiger partial charge in [-0.05, 0) is 38.0 Å². The van der Waals surface area contributed by atoms with Crippen molar-refractivity contribution in [2.45, 2.75) is 33.2 Å². The van der Waals surface area contributed by atoms with E-state index in [9.17, 15) is 13.2 Å². The molecule has 0 fully saturated rings. The average molecular weight is 405 g/mol. The molecular weight excluding hydrogens is 376 g/mol. The first-order chi connectivity index (χ1) is 13.3. The van der Waals surface area contributed by atoms with Crippen molar-refractivity contribution in [3.63, 3.8) is 0 Å². The van der Waals surface area contributed by atoms with Gasteiger partial charge in [-0.1, -0.05) is 48.9 Å². The first-order valence-electron chi connectivity index (χ1n) is 9.31. The number of nitrogens with one attached hydrogen (secondary N) is 1. The normalized spacial score (nSPS) is 12.3. The van der Waals surface area contributed by atoms with Gasteiger partial charge in [-0.3, -0.25) is 9.10 Å². The Balaban J connectivity index is 2.23. The van der Waals surface area contributed by atoms with Gasteiger partial charge in [-0.15, -0.1) is 0 Å². The van der Waals surface area contributed by atoms with Gasteiger partial charge in [0, 0.05) is 0 Å². The van der Waals surface area contributed by atoms with Gasteiger partial charge in [0.15, 0.2) is 0 Å². The molecule has 2 aromatic rings. The minimum Gasteiger partial charge on any atom is -0.492 e. The van der Waals surface area contributed by atoms with Gasteiger partial charge in [0.05, 0.1) is 24.6 Å². The molecule has 0 aliphatic carbocycles. The number of amides is 1. The lowest BCUT2D eigenvalue weighted by Crippen LogP contribution is -2.41. The van der Waals surface area contributed by atoms with Crippen molar-refractivity contribution in [3.8, 4) is 5.75 Å². The number of carbonyl (C=O) groups excluding carboxylic acids is 1. The Morgan fingerprint density at radius 3 is 2.32 bits per heavy atom. The smallest absolute Gasteiger partial charge is 0.241 e. The van der Waals surface area contributed by atoms with Crippen LogP contribution in [0.15, 0.2) is 48.5 Å². The largest absolute Gasteiger partial charge is 0.492 e. The Morgan fingerprint density at radius 1 is 1.11 bits per heavy atom. The van der Waals surface area contributed by atoms with Crippen LogP contribution in [0, 0.1) is 6.92 Å². The molecule has 0 aromatic heterocycles. The summed E-state index contributed by atoms with van der Waals surface area (Å²) in [7, 11) is -3.67. The molecule has 1 amide bonds. The van der Waals surface area contributed by atoms with E-state index in [-0.39, 0.29) is 18.5 Å². The Morgan fingerprint density at radius 2 is 1.75 bits per heavy atom. The number of aryl methyl sites for hydroxylation is 1. The van der Waals surface area contributed by atoms with Crippen LogP contribution in [-0.4, -0.2) is 33.7 Å². The van der Waals surface area contributed by atoms with Crippen molar-refractivity contribution in [1.82, 2.24) is 5.32 Å². The molecule has 6 nitrogen and oxygen atoms in total. The predicted molar refractivity (Wildman–Crippen MR) is 112 cm³/mol. The summed E-state index contributed by atoms with van der Waals surface area (Å²) in [5.74, 6) is 0.0537. The molecular formula is C21H28N2O4S. The van der Waals surface area contributed by atoms with E-state index in [4.69, 9.17) is 4.74 Å². The molecule has 2 rings (SSSR count). The van der Waals surface area contributed by atoms with E-state index < -0.39 is 10.0 Å². The summed E-state index contributed by atoms with van der Waals surface area (Å²) >= 11 is 0. The van der Waals surface area contributed by atoms with Gasteiger partial charge in [-0.25, -0.2) is 8.42 Å². The number of carbonyl (C=O) groups is 1. The second-order valence-electron chi connectivity index (χ2n) is 6.61. The van der Waals surface area contributed by atoms with Gasteiger partial charge in [0.2, 0.25) is 15.9 Å². The summed E-state index contributed by atoms with van der Waals surface area (Å²) in [4.78, 5) is 12.7. The van der Waals surface area contributed by atoms with Crippen LogP contribution in [0.25, 0.3) is 0 Å². The maximum absolute atomic E-state index is 12.7. The van der Waals surface area contributed by atoms with E-state index in [0.717, 1.165) is 21.7 Å². The minimum absolute atomic E-state index is 0.184. The lowest BCUT2D eigenvalue weighted by Gasteiger charge is -2.25. The summed E-state index contributed by atoms with van der Waals surface area (Å²) in [5.41, 5.74) is 2.48. The molecule has 0 bridgehead atoms. The third kappa shape index (κ3) is 5.73. The van der Waals surface area contributed by atoms with Crippen LogP contribution >= 0.6 is 0 Å². The van der Waals surface area contributed by atoms with E-state index in [1.807, 2.05) is 45.0 Å². The van der Waals surface area contributed by atoms with Gasteiger partial charge >= 0.3 is 0 Å².